The monoisotopic (exact) mass is 148 g/mol. The average molecular weight is 148 g/mol. The van der Waals surface area contributed by atoms with Crippen LogP contribution in [-0.4, -0.2) is 22.2 Å². The van der Waals surface area contributed by atoms with Gasteiger partial charge in [-0.05, 0) is 6.92 Å². The normalized spacial score (nSPS) is 8.00. The summed E-state index contributed by atoms with van der Waals surface area (Å²) in [5.41, 5.74) is 0. The molecule has 0 aromatic rings. The van der Waals surface area contributed by atoms with E-state index in [1.807, 2.05) is 13.8 Å². The van der Waals surface area contributed by atoms with Crippen LogP contribution >= 0.6 is 0 Å². The smallest absolute Gasteiger partial charge is 0.317 e. The molecular weight excluding hydrogens is 136 g/mol. The van der Waals surface area contributed by atoms with Crippen LogP contribution in [0.1, 0.15) is 20.8 Å². The van der Waals surface area contributed by atoms with Crippen LogP contribution < -0.4 is 0 Å². The van der Waals surface area contributed by atoms with Crippen LogP contribution in [0.5, 0.6) is 0 Å². The van der Waals surface area contributed by atoms with Gasteiger partial charge in [-0.25, -0.2) is 0 Å². The fourth-order valence-electron chi connectivity index (χ4n) is 0.106. The number of carboxylic acids is 2. The number of carboxylic acid groups (broad SMARTS) is 2. The average Bonchev–Trinajstić information content (AvgIpc) is 1.90. The van der Waals surface area contributed by atoms with Crippen LogP contribution in [0.3, 0.4) is 0 Å². The summed E-state index contributed by atoms with van der Waals surface area (Å²) in [6.45, 7) is 5.12. The molecule has 0 aliphatic rings. The summed E-state index contributed by atoms with van der Waals surface area (Å²) in [4.78, 5) is 19.5. The SMILES string of the molecule is CC.CC(C(=O)O)C(=O)O. The first-order chi connectivity index (χ1) is 4.55. The highest BCUT2D eigenvalue weighted by Gasteiger charge is 2.18. The number of aliphatic carboxylic acids is 2. The summed E-state index contributed by atoms with van der Waals surface area (Å²) in [6.07, 6.45) is 0. The quantitative estimate of drug-likeness (QED) is 0.568. The molecule has 0 aromatic carbocycles. The van der Waals surface area contributed by atoms with E-state index >= 15 is 0 Å². The van der Waals surface area contributed by atoms with Crippen LogP contribution in [0.4, 0.5) is 0 Å². The van der Waals surface area contributed by atoms with Gasteiger partial charge in [-0.3, -0.25) is 9.59 Å². The molecule has 0 unspecified atom stereocenters. The first kappa shape index (κ1) is 11.7. The first-order valence-electron chi connectivity index (χ1n) is 3.01. The molecule has 0 atom stereocenters. The van der Waals surface area contributed by atoms with E-state index in [4.69, 9.17) is 10.2 Å². The minimum absolute atomic E-state index is 1.12. The summed E-state index contributed by atoms with van der Waals surface area (Å²) in [5.74, 6) is -3.91. The molecule has 60 valence electrons. The van der Waals surface area contributed by atoms with Crippen molar-refractivity contribution in [1.29, 1.82) is 0 Å². The molecule has 0 aliphatic carbocycles. The second-order valence-corrected chi connectivity index (χ2v) is 1.40. The molecule has 4 nitrogen and oxygen atoms in total. The van der Waals surface area contributed by atoms with E-state index in [1.54, 1.807) is 0 Å². The van der Waals surface area contributed by atoms with Crippen LogP contribution in [0, 0.1) is 5.92 Å². The standard InChI is InChI=1S/C4H6O4.C2H6/c1-2(3(5)6)4(7)8;1-2/h2H,1H3,(H,5,6)(H,7,8);1-2H3. The Morgan fingerprint density at radius 3 is 1.30 bits per heavy atom. The maximum Gasteiger partial charge on any atom is 0.317 e. The van der Waals surface area contributed by atoms with Crippen molar-refractivity contribution in [1.82, 2.24) is 0 Å². The molecule has 0 saturated carbocycles. The van der Waals surface area contributed by atoms with Gasteiger partial charge in [-0.15, -0.1) is 0 Å². The molecule has 0 fully saturated rings. The fraction of sp³-hybridized carbons (Fsp3) is 0.667. The number of hydrogen-bond donors (Lipinski definition) is 2. The van der Waals surface area contributed by atoms with Gasteiger partial charge >= 0.3 is 11.9 Å². The van der Waals surface area contributed by atoms with E-state index in [2.05, 4.69) is 0 Å². The van der Waals surface area contributed by atoms with Gasteiger partial charge in [0.1, 0.15) is 0 Å². The fourth-order valence-corrected chi connectivity index (χ4v) is 0.106. The van der Waals surface area contributed by atoms with Gasteiger partial charge in [-0.2, -0.15) is 0 Å². The van der Waals surface area contributed by atoms with Crippen LogP contribution in [-0.2, 0) is 9.59 Å². The van der Waals surface area contributed by atoms with Crippen molar-refractivity contribution >= 4 is 11.9 Å². The molecule has 4 heteroatoms. The summed E-state index contributed by atoms with van der Waals surface area (Å²) in [7, 11) is 0. The van der Waals surface area contributed by atoms with Gasteiger partial charge in [-0.1, -0.05) is 13.8 Å². The molecule has 0 aliphatic heterocycles. The molecule has 0 rings (SSSR count). The largest absolute Gasteiger partial charge is 0.481 e. The second kappa shape index (κ2) is 6.07. The van der Waals surface area contributed by atoms with Crippen molar-refractivity contribution in [2.45, 2.75) is 20.8 Å². The lowest BCUT2D eigenvalue weighted by Crippen LogP contribution is -2.19. The highest BCUT2D eigenvalue weighted by Crippen LogP contribution is 1.91. The second-order valence-electron chi connectivity index (χ2n) is 1.40. The maximum atomic E-state index is 9.76. The van der Waals surface area contributed by atoms with Crippen molar-refractivity contribution in [3.8, 4) is 0 Å². The first-order valence-corrected chi connectivity index (χ1v) is 3.01. The summed E-state index contributed by atoms with van der Waals surface area (Å²) >= 11 is 0. The lowest BCUT2D eigenvalue weighted by atomic mass is 10.2. The molecular formula is C6H12O4. The maximum absolute atomic E-state index is 9.76. The molecule has 0 radical (unpaired) electrons. The van der Waals surface area contributed by atoms with Gasteiger partial charge < -0.3 is 10.2 Å². The van der Waals surface area contributed by atoms with Crippen molar-refractivity contribution in [3.63, 3.8) is 0 Å². The summed E-state index contributed by atoms with van der Waals surface area (Å²) in [5, 5.41) is 15.9. The minimum Gasteiger partial charge on any atom is -0.481 e. The van der Waals surface area contributed by atoms with Gasteiger partial charge in [0.2, 0.25) is 0 Å². The van der Waals surface area contributed by atoms with Crippen LogP contribution in [0.15, 0.2) is 0 Å². The third-order valence-electron chi connectivity index (χ3n) is 0.741. The Bertz CT molecular complexity index is 105. The Hall–Kier alpha value is -1.06. The van der Waals surface area contributed by atoms with E-state index in [-0.39, 0.29) is 0 Å². The molecule has 0 bridgehead atoms. The van der Waals surface area contributed by atoms with Crippen molar-refractivity contribution in [2.24, 2.45) is 5.92 Å². The van der Waals surface area contributed by atoms with E-state index in [9.17, 15) is 9.59 Å². The summed E-state index contributed by atoms with van der Waals surface area (Å²) in [6, 6.07) is 0. The summed E-state index contributed by atoms with van der Waals surface area (Å²) < 4.78 is 0. The van der Waals surface area contributed by atoms with E-state index < -0.39 is 17.9 Å². The zero-order valence-electron chi connectivity index (χ0n) is 6.29. The zero-order chi connectivity index (χ0) is 8.73. The molecule has 0 aromatic heterocycles. The van der Waals surface area contributed by atoms with Gasteiger partial charge in [0.25, 0.3) is 0 Å². The van der Waals surface area contributed by atoms with Crippen molar-refractivity contribution in [3.05, 3.63) is 0 Å². The molecule has 0 saturated heterocycles. The molecule has 0 amide bonds. The Morgan fingerprint density at radius 1 is 1.10 bits per heavy atom. The van der Waals surface area contributed by atoms with E-state index in [0.717, 1.165) is 6.92 Å². The third-order valence-corrected chi connectivity index (χ3v) is 0.741. The van der Waals surface area contributed by atoms with Crippen molar-refractivity contribution < 1.29 is 19.8 Å². The van der Waals surface area contributed by atoms with Gasteiger partial charge in [0, 0.05) is 0 Å². The lowest BCUT2D eigenvalue weighted by molar-refractivity contribution is -0.153. The van der Waals surface area contributed by atoms with E-state index in [0.29, 0.717) is 0 Å². The number of carbonyl (C=O) groups is 2. The zero-order valence-corrected chi connectivity index (χ0v) is 6.29. The predicted molar refractivity (Wildman–Crippen MR) is 35.8 cm³/mol. The minimum atomic E-state index is -1.31. The molecule has 10 heavy (non-hydrogen) atoms. The Balaban J connectivity index is 0. The van der Waals surface area contributed by atoms with Gasteiger partial charge in [0.05, 0.1) is 0 Å². The van der Waals surface area contributed by atoms with Crippen LogP contribution in [0.2, 0.25) is 0 Å². The third kappa shape index (κ3) is 5.08. The Kier molecular flexibility index (Phi) is 7.10. The molecule has 2 N–H and O–H groups in total. The molecule has 0 spiro atoms. The topological polar surface area (TPSA) is 74.6 Å². The van der Waals surface area contributed by atoms with E-state index in [1.165, 1.54) is 0 Å². The molecule has 0 heterocycles. The number of rotatable bonds is 2. The Labute approximate surface area is 59.5 Å². The van der Waals surface area contributed by atoms with Crippen molar-refractivity contribution in [2.75, 3.05) is 0 Å². The highest BCUT2D eigenvalue weighted by atomic mass is 16.4. The van der Waals surface area contributed by atoms with Gasteiger partial charge in [0.15, 0.2) is 5.92 Å². The predicted octanol–water partition coefficient (Wildman–Crippen LogP) is 0.818. The highest BCUT2D eigenvalue weighted by molar-refractivity contribution is 5.92. The number of hydrogen-bond acceptors (Lipinski definition) is 2. The van der Waals surface area contributed by atoms with Crippen LogP contribution in [0.25, 0.3) is 0 Å². The Morgan fingerprint density at radius 2 is 1.30 bits per heavy atom. The lowest BCUT2D eigenvalue weighted by Gasteiger charge is -1.94.